The van der Waals surface area contributed by atoms with E-state index in [-0.39, 0.29) is 29.4 Å². The van der Waals surface area contributed by atoms with Crippen LogP contribution in [0.4, 0.5) is 14.5 Å². The quantitative estimate of drug-likeness (QED) is 0.630. The Labute approximate surface area is 108 Å². The number of carbonyl (C=O) groups excluding carboxylic acids is 1. The number of benzene rings is 1. The van der Waals surface area contributed by atoms with Gasteiger partial charge in [0.05, 0.1) is 12.3 Å². The first-order valence-corrected chi connectivity index (χ1v) is 5.55. The Morgan fingerprint density at radius 2 is 2.11 bits per heavy atom. The Hall–Kier alpha value is -1.76. The molecule has 0 saturated heterocycles. The first-order chi connectivity index (χ1) is 8.47. The van der Waals surface area contributed by atoms with Crippen molar-refractivity contribution in [1.82, 2.24) is 0 Å². The Bertz CT molecular complexity index is 480. The molecule has 1 aromatic rings. The van der Waals surface area contributed by atoms with Crippen LogP contribution in [0, 0.1) is 11.6 Å². The number of nitrogens with two attached hydrogens (primary N) is 1. The van der Waals surface area contributed by atoms with E-state index in [1.807, 2.05) is 0 Å². The van der Waals surface area contributed by atoms with Gasteiger partial charge < -0.3 is 15.8 Å². The number of hydrogen-bond donors (Lipinski definition) is 2. The van der Waals surface area contributed by atoms with Crippen LogP contribution in [-0.4, -0.2) is 24.1 Å². The van der Waals surface area contributed by atoms with Gasteiger partial charge in [-0.2, -0.15) is 0 Å². The van der Waals surface area contributed by atoms with Gasteiger partial charge in [0, 0.05) is 5.56 Å². The molecule has 0 amide bonds. The molecule has 1 aromatic carbocycles. The van der Waals surface area contributed by atoms with Crippen molar-refractivity contribution >= 4 is 28.9 Å². The zero-order valence-electron chi connectivity index (χ0n) is 9.63. The van der Waals surface area contributed by atoms with Crippen LogP contribution in [-0.2, 0) is 9.53 Å². The highest BCUT2D eigenvalue weighted by Gasteiger charge is 2.15. The van der Waals surface area contributed by atoms with Gasteiger partial charge in [0.25, 0.3) is 0 Å². The highest BCUT2D eigenvalue weighted by Crippen LogP contribution is 2.20. The van der Waals surface area contributed by atoms with Crippen LogP contribution in [0.2, 0.25) is 0 Å². The van der Waals surface area contributed by atoms with Crippen molar-refractivity contribution in [1.29, 1.82) is 0 Å². The third-order valence-electron chi connectivity index (χ3n) is 2.08. The first-order valence-electron chi connectivity index (χ1n) is 5.14. The highest BCUT2D eigenvalue weighted by molar-refractivity contribution is 7.80. The molecule has 0 fully saturated rings. The molecule has 18 heavy (non-hydrogen) atoms. The number of halogens is 2. The fourth-order valence-corrected chi connectivity index (χ4v) is 1.41. The summed E-state index contributed by atoms with van der Waals surface area (Å²) < 4.78 is 31.7. The van der Waals surface area contributed by atoms with E-state index in [1.165, 1.54) is 12.1 Å². The van der Waals surface area contributed by atoms with Gasteiger partial charge >= 0.3 is 5.97 Å². The lowest BCUT2D eigenvalue weighted by molar-refractivity contribution is -0.140. The number of ether oxygens (including phenoxy) is 1. The molecule has 0 aliphatic carbocycles. The van der Waals surface area contributed by atoms with E-state index in [1.54, 1.807) is 6.92 Å². The topological polar surface area (TPSA) is 64.3 Å². The summed E-state index contributed by atoms with van der Waals surface area (Å²) in [6.45, 7) is 1.61. The first kappa shape index (κ1) is 14.3. The maximum atomic E-state index is 13.6. The summed E-state index contributed by atoms with van der Waals surface area (Å²) in [5.74, 6) is -2.84. The van der Waals surface area contributed by atoms with Crippen molar-refractivity contribution in [2.45, 2.75) is 6.92 Å². The maximum absolute atomic E-state index is 13.6. The summed E-state index contributed by atoms with van der Waals surface area (Å²) in [5.41, 5.74) is 4.90. The van der Waals surface area contributed by atoms with Crippen LogP contribution in [0.25, 0.3) is 0 Å². The summed E-state index contributed by atoms with van der Waals surface area (Å²) in [4.78, 5) is 10.8. The fourth-order valence-electron chi connectivity index (χ4n) is 1.26. The molecule has 0 aliphatic heterocycles. The van der Waals surface area contributed by atoms with Crippen molar-refractivity contribution in [3.8, 4) is 0 Å². The fraction of sp³-hybridized carbons (Fsp3) is 0.273. The van der Waals surface area contributed by atoms with Crippen molar-refractivity contribution in [2.75, 3.05) is 18.5 Å². The van der Waals surface area contributed by atoms with Gasteiger partial charge in [0.15, 0.2) is 11.6 Å². The third-order valence-corrected chi connectivity index (χ3v) is 2.30. The molecule has 0 spiro atoms. The molecule has 0 atom stereocenters. The summed E-state index contributed by atoms with van der Waals surface area (Å²) in [7, 11) is 0. The van der Waals surface area contributed by atoms with Crippen molar-refractivity contribution < 1.29 is 18.3 Å². The van der Waals surface area contributed by atoms with E-state index in [9.17, 15) is 13.6 Å². The SMILES string of the molecule is CCOC(=O)CNc1ccc(C(N)=S)c(F)c1F. The minimum Gasteiger partial charge on any atom is -0.465 e. The van der Waals surface area contributed by atoms with Crippen molar-refractivity contribution in [3.63, 3.8) is 0 Å². The molecule has 98 valence electrons. The summed E-state index contributed by atoms with van der Waals surface area (Å²) in [5, 5.41) is 2.43. The van der Waals surface area contributed by atoms with Crippen molar-refractivity contribution in [3.05, 3.63) is 29.3 Å². The second-order valence-corrected chi connectivity index (χ2v) is 3.75. The average molecular weight is 274 g/mol. The summed E-state index contributed by atoms with van der Waals surface area (Å²) >= 11 is 4.57. The predicted molar refractivity (Wildman–Crippen MR) is 67.4 cm³/mol. The van der Waals surface area contributed by atoms with E-state index < -0.39 is 17.6 Å². The maximum Gasteiger partial charge on any atom is 0.325 e. The second kappa shape index (κ2) is 6.25. The van der Waals surface area contributed by atoms with Gasteiger partial charge in [-0.1, -0.05) is 12.2 Å². The van der Waals surface area contributed by atoms with E-state index in [2.05, 4.69) is 22.3 Å². The molecule has 0 saturated carbocycles. The highest BCUT2D eigenvalue weighted by atomic mass is 32.1. The second-order valence-electron chi connectivity index (χ2n) is 3.31. The van der Waals surface area contributed by atoms with Gasteiger partial charge in [-0.05, 0) is 19.1 Å². The van der Waals surface area contributed by atoms with Crippen LogP contribution in [0.1, 0.15) is 12.5 Å². The van der Waals surface area contributed by atoms with E-state index in [4.69, 9.17) is 5.73 Å². The van der Waals surface area contributed by atoms with Crippen LogP contribution >= 0.6 is 12.2 Å². The van der Waals surface area contributed by atoms with E-state index in [0.717, 1.165) is 0 Å². The van der Waals surface area contributed by atoms with Crippen LogP contribution in [0.3, 0.4) is 0 Å². The van der Waals surface area contributed by atoms with Crippen molar-refractivity contribution in [2.24, 2.45) is 5.73 Å². The molecule has 0 bridgehead atoms. The van der Waals surface area contributed by atoms with E-state index in [0.29, 0.717) is 0 Å². The Morgan fingerprint density at radius 1 is 1.44 bits per heavy atom. The number of rotatable bonds is 5. The largest absolute Gasteiger partial charge is 0.465 e. The molecule has 0 unspecified atom stereocenters. The van der Waals surface area contributed by atoms with Gasteiger partial charge in [0.1, 0.15) is 11.5 Å². The standard InChI is InChI=1S/C11H12F2N2O2S/c1-2-17-8(16)5-15-7-4-3-6(11(14)18)9(12)10(7)13/h3-4,15H,2,5H2,1H3,(H2,14,18). The molecule has 0 heterocycles. The van der Waals surface area contributed by atoms with Crippen LogP contribution in [0.15, 0.2) is 12.1 Å². The van der Waals surface area contributed by atoms with Gasteiger partial charge in [-0.3, -0.25) is 4.79 Å². The van der Waals surface area contributed by atoms with E-state index >= 15 is 0 Å². The normalized spacial score (nSPS) is 9.94. The zero-order valence-corrected chi connectivity index (χ0v) is 10.4. The summed E-state index contributed by atoms with van der Waals surface area (Å²) in [6, 6.07) is 2.50. The average Bonchev–Trinajstić information content (AvgIpc) is 2.31. The molecule has 0 aromatic heterocycles. The number of carbonyl (C=O) groups is 1. The lowest BCUT2D eigenvalue weighted by Gasteiger charge is -2.09. The molecular formula is C11H12F2N2O2S. The third kappa shape index (κ3) is 3.36. The lowest BCUT2D eigenvalue weighted by Crippen LogP contribution is -2.18. The smallest absolute Gasteiger partial charge is 0.325 e. The number of hydrogen-bond acceptors (Lipinski definition) is 4. The Balaban J connectivity index is 2.83. The van der Waals surface area contributed by atoms with Gasteiger partial charge in [0.2, 0.25) is 0 Å². The minimum absolute atomic E-state index is 0.152. The Kier molecular flexibility index (Phi) is 4.96. The number of thiocarbonyl (C=S) groups is 1. The number of esters is 1. The molecule has 4 nitrogen and oxygen atoms in total. The lowest BCUT2D eigenvalue weighted by atomic mass is 10.2. The molecule has 0 aliphatic rings. The number of nitrogens with one attached hydrogen (secondary N) is 1. The monoisotopic (exact) mass is 274 g/mol. The van der Waals surface area contributed by atoms with Crippen LogP contribution < -0.4 is 11.1 Å². The summed E-state index contributed by atoms with van der Waals surface area (Å²) in [6.07, 6.45) is 0. The molecule has 7 heteroatoms. The number of anilines is 1. The minimum atomic E-state index is -1.14. The van der Waals surface area contributed by atoms with Gasteiger partial charge in [-0.25, -0.2) is 8.78 Å². The van der Waals surface area contributed by atoms with Gasteiger partial charge in [-0.15, -0.1) is 0 Å². The Morgan fingerprint density at radius 3 is 2.67 bits per heavy atom. The molecule has 1 rings (SSSR count). The molecule has 0 radical (unpaired) electrons. The predicted octanol–water partition coefficient (Wildman–Crippen LogP) is 1.57. The molecule has 3 N–H and O–H groups in total. The molecular weight excluding hydrogens is 262 g/mol. The zero-order chi connectivity index (χ0) is 13.7. The van der Waals surface area contributed by atoms with Crippen LogP contribution in [0.5, 0.6) is 0 Å².